The highest BCUT2D eigenvalue weighted by Crippen LogP contribution is 2.35. The Bertz CT molecular complexity index is 1610. The van der Waals surface area contributed by atoms with Gasteiger partial charge in [-0.3, -0.25) is 14.2 Å². The number of benzene rings is 2. The first-order valence-corrected chi connectivity index (χ1v) is 11.7. The van der Waals surface area contributed by atoms with Gasteiger partial charge in [-0.05, 0) is 36.4 Å². The van der Waals surface area contributed by atoms with E-state index >= 15 is 0 Å². The number of ether oxygens (including phenoxy) is 2. The average Bonchev–Trinajstić information content (AvgIpc) is 2.89. The molecular formula is C26H20ClF2N5O4. The third-order valence-corrected chi connectivity index (χ3v) is 6.19. The van der Waals surface area contributed by atoms with Gasteiger partial charge in [-0.1, -0.05) is 11.6 Å². The standard InChI is InChI=1S/C26H20ClF2N5O4/c1-33-10-11-37-21-13-17(26(36)34(25(21)33)16-5-2-14(28)3-6-16)24(35)32-15-4-7-19(18(29)12-15)38-20-8-9-31-23(30)22(20)27/h2-9,12-13H,10-11H2,1H3,(H2,30,31)(H,32,35). The minimum atomic E-state index is -0.798. The quantitative estimate of drug-likeness (QED) is 0.380. The number of nitrogen functional groups attached to an aromatic ring is 1. The highest BCUT2D eigenvalue weighted by atomic mass is 35.5. The summed E-state index contributed by atoms with van der Waals surface area (Å²) in [7, 11) is 1.78. The third kappa shape index (κ3) is 4.71. The fourth-order valence-electron chi connectivity index (χ4n) is 3.94. The van der Waals surface area contributed by atoms with E-state index in [1.807, 2.05) is 4.90 Å². The van der Waals surface area contributed by atoms with Crippen LogP contribution in [0, 0.1) is 11.6 Å². The van der Waals surface area contributed by atoms with E-state index in [0.29, 0.717) is 30.4 Å². The monoisotopic (exact) mass is 539 g/mol. The summed E-state index contributed by atoms with van der Waals surface area (Å²) in [5.74, 6) is -1.37. The summed E-state index contributed by atoms with van der Waals surface area (Å²) in [6.07, 6.45) is 1.36. The summed E-state index contributed by atoms with van der Waals surface area (Å²) in [4.78, 5) is 32.3. The zero-order chi connectivity index (χ0) is 27.0. The first-order chi connectivity index (χ1) is 18.2. The molecule has 0 unspecified atom stereocenters. The molecular weight excluding hydrogens is 520 g/mol. The van der Waals surface area contributed by atoms with Gasteiger partial charge in [0.1, 0.15) is 28.8 Å². The van der Waals surface area contributed by atoms with Crippen LogP contribution in [0.2, 0.25) is 5.02 Å². The molecule has 4 aromatic rings. The van der Waals surface area contributed by atoms with Crippen LogP contribution in [0.3, 0.4) is 0 Å². The fraction of sp³-hybridized carbons (Fsp3) is 0.115. The van der Waals surface area contributed by atoms with Crippen LogP contribution in [0.25, 0.3) is 5.69 Å². The van der Waals surface area contributed by atoms with E-state index in [1.165, 1.54) is 59.3 Å². The van der Waals surface area contributed by atoms with Crippen molar-refractivity contribution in [2.24, 2.45) is 0 Å². The number of carbonyl (C=O) groups is 1. The fourth-order valence-corrected chi connectivity index (χ4v) is 4.09. The molecule has 0 saturated heterocycles. The first-order valence-electron chi connectivity index (χ1n) is 11.3. The molecule has 0 aliphatic carbocycles. The molecule has 9 nitrogen and oxygen atoms in total. The Balaban J connectivity index is 1.47. The van der Waals surface area contributed by atoms with Gasteiger partial charge >= 0.3 is 0 Å². The molecule has 0 atom stereocenters. The van der Waals surface area contributed by atoms with Crippen molar-refractivity contribution >= 4 is 34.8 Å². The van der Waals surface area contributed by atoms with Gasteiger partial charge in [0.15, 0.2) is 28.9 Å². The lowest BCUT2D eigenvalue weighted by atomic mass is 10.2. The number of nitrogens with zero attached hydrogens (tertiary/aromatic N) is 3. The number of aromatic nitrogens is 2. The van der Waals surface area contributed by atoms with Crippen molar-refractivity contribution in [2.45, 2.75) is 0 Å². The van der Waals surface area contributed by atoms with Gasteiger partial charge in [-0.2, -0.15) is 0 Å². The molecule has 12 heteroatoms. The van der Waals surface area contributed by atoms with Gasteiger partial charge in [0.25, 0.3) is 11.5 Å². The van der Waals surface area contributed by atoms with Crippen molar-refractivity contribution in [3.05, 3.63) is 93.4 Å². The van der Waals surface area contributed by atoms with E-state index < -0.39 is 23.1 Å². The van der Waals surface area contributed by atoms with Crippen LogP contribution in [0.5, 0.6) is 17.2 Å². The van der Waals surface area contributed by atoms with Crippen LogP contribution in [-0.4, -0.2) is 35.7 Å². The lowest BCUT2D eigenvalue weighted by Gasteiger charge is -2.30. The Labute approximate surface area is 220 Å². The van der Waals surface area contributed by atoms with Gasteiger partial charge in [-0.25, -0.2) is 13.8 Å². The summed E-state index contributed by atoms with van der Waals surface area (Å²) in [5, 5.41) is 2.55. The van der Waals surface area contributed by atoms with Crippen molar-refractivity contribution in [1.29, 1.82) is 0 Å². The van der Waals surface area contributed by atoms with E-state index in [2.05, 4.69) is 10.3 Å². The molecule has 0 radical (unpaired) electrons. The van der Waals surface area contributed by atoms with E-state index in [0.717, 1.165) is 6.07 Å². The van der Waals surface area contributed by atoms with Crippen LogP contribution in [0.1, 0.15) is 10.4 Å². The maximum atomic E-state index is 14.8. The largest absolute Gasteiger partial charge is 0.488 e. The van der Waals surface area contributed by atoms with E-state index in [-0.39, 0.29) is 33.6 Å². The summed E-state index contributed by atoms with van der Waals surface area (Å²) in [6, 6.07) is 11.8. The molecule has 0 spiro atoms. The molecule has 2 aromatic heterocycles. The summed E-state index contributed by atoms with van der Waals surface area (Å²) in [5.41, 5.74) is 5.16. The second kappa shape index (κ2) is 10.0. The van der Waals surface area contributed by atoms with E-state index in [4.69, 9.17) is 26.8 Å². The third-order valence-electron chi connectivity index (χ3n) is 5.81. The molecule has 0 saturated carbocycles. The second-order valence-corrected chi connectivity index (χ2v) is 8.72. The van der Waals surface area contributed by atoms with Gasteiger partial charge in [0.2, 0.25) is 0 Å². The number of anilines is 3. The van der Waals surface area contributed by atoms with Gasteiger partial charge < -0.3 is 25.4 Å². The molecule has 0 fully saturated rings. The van der Waals surface area contributed by atoms with Crippen molar-refractivity contribution in [1.82, 2.24) is 9.55 Å². The number of nitrogens with two attached hydrogens (primary N) is 1. The molecule has 3 heterocycles. The minimum absolute atomic E-state index is 0.0278. The van der Waals surface area contributed by atoms with E-state index in [9.17, 15) is 18.4 Å². The molecule has 0 bridgehead atoms. The van der Waals surface area contributed by atoms with E-state index in [1.54, 1.807) is 7.05 Å². The molecule has 1 aliphatic rings. The minimum Gasteiger partial charge on any atom is -0.488 e. The normalized spacial score (nSPS) is 12.5. The number of carbonyl (C=O) groups excluding carboxylic acids is 1. The van der Waals surface area contributed by atoms with Crippen LogP contribution >= 0.6 is 11.6 Å². The number of hydrogen-bond donors (Lipinski definition) is 2. The van der Waals surface area contributed by atoms with Crippen LogP contribution in [-0.2, 0) is 0 Å². The van der Waals surface area contributed by atoms with Crippen LogP contribution < -0.4 is 31.0 Å². The number of hydrogen-bond acceptors (Lipinski definition) is 7. The summed E-state index contributed by atoms with van der Waals surface area (Å²) < 4.78 is 40.8. The number of halogens is 3. The Morgan fingerprint density at radius 3 is 2.63 bits per heavy atom. The topological polar surface area (TPSA) is 112 Å². The van der Waals surface area contributed by atoms with Crippen LogP contribution in [0.4, 0.5) is 26.1 Å². The predicted molar refractivity (Wildman–Crippen MR) is 139 cm³/mol. The highest BCUT2D eigenvalue weighted by molar-refractivity contribution is 6.34. The number of likely N-dealkylation sites (N-methyl/N-ethyl adjacent to an activating group) is 1. The van der Waals surface area contributed by atoms with Crippen LogP contribution in [0.15, 0.2) is 65.6 Å². The Kier molecular flexibility index (Phi) is 6.60. The van der Waals surface area contributed by atoms with Crippen molar-refractivity contribution < 1.29 is 23.0 Å². The lowest BCUT2D eigenvalue weighted by molar-refractivity contribution is 0.102. The number of amides is 1. The van der Waals surface area contributed by atoms with Crippen molar-refractivity contribution in [3.8, 4) is 22.9 Å². The first kappa shape index (κ1) is 25.0. The maximum absolute atomic E-state index is 14.8. The molecule has 2 aromatic carbocycles. The molecule has 5 rings (SSSR count). The molecule has 38 heavy (non-hydrogen) atoms. The molecule has 3 N–H and O–H groups in total. The second-order valence-electron chi connectivity index (χ2n) is 8.34. The van der Waals surface area contributed by atoms with Gasteiger partial charge in [0, 0.05) is 37.1 Å². The summed E-state index contributed by atoms with van der Waals surface area (Å²) in [6.45, 7) is 0.843. The van der Waals surface area contributed by atoms with Gasteiger partial charge in [0.05, 0.1) is 12.2 Å². The average molecular weight is 540 g/mol. The van der Waals surface area contributed by atoms with Crippen molar-refractivity contribution in [2.75, 3.05) is 36.1 Å². The Morgan fingerprint density at radius 1 is 1.13 bits per heavy atom. The summed E-state index contributed by atoms with van der Waals surface area (Å²) >= 11 is 6.05. The lowest BCUT2D eigenvalue weighted by Crippen LogP contribution is -2.37. The molecule has 1 aliphatic heterocycles. The number of rotatable bonds is 5. The number of nitrogens with one attached hydrogen (secondary N) is 1. The molecule has 194 valence electrons. The Morgan fingerprint density at radius 2 is 1.89 bits per heavy atom. The zero-order valence-electron chi connectivity index (χ0n) is 19.9. The Hall–Kier alpha value is -4.64. The number of pyridine rings is 2. The number of fused-ring (bicyclic) bond motifs is 1. The smallest absolute Gasteiger partial charge is 0.269 e. The van der Waals surface area contributed by atoms with Crippen molar-refractivity contribution in [3.63, 3.8) is 0 Å². The highest BCUT2D eigenvalue weighted by Gasteiger charge is 2.26. The predicted octanol–water partition coefficient (Wildman–Crippen LogP) is 4.62. The zero-order valence-corrected chi connectivity index (χ0v) is 20.6. The molecule has 1 amide bonds. The SMILES string of the molecule is CN1CCOc2cc(C(=O)Nc3ccc(Oc4ccnc(N)c4Cl)c(F)c3)c(=O)n(-c3ccc(F)cc3)c21. The van der Waals surface area contributed by atoms with Gasteiger partial charge in [-0.15, -0.1) is 0 Å². The maximum Gasteiger partial charge on any atom is 0.269 e.